The molecule has 88 valence electrons. The van der Waals surface area contributed by atoms with Gasteiger partial charge >= 0.3 is 6.18 Å². The van der Waals surface area contributed by atoms with Gasteiger partial charge in [0.25, 0.3) is 0 Å². The van der Waals surface area contributed by atoms with Crippen LogP contribution < -0.4 is 4.74 Å². The van der Waals surface area contributed by atoms with Crippen LogP contribution in [0.3, 0.4) is 0 Å². The van der Waals surface area contributed by atoms with E-state index in [1.165, 1.54) is 0 Å². The van der Waals surface area contributed by atoms with Gasteiger partial charge in [0, 0.05) is 5.56 Å². The zero-order chi connectivity index (χ0) is 11.9. The lowest BCUT2D eigenvalue weighted by Gasteiger charge is -2.23. The van der Waals surface area contributed by atoms with E-state index in [0.29, 0.717) is 19.4 Å². The van der Waals surface area contributed by atoms with Crippen LogP contribution in [0.2, 0.25) is 0 Å². The minimum atomic E-state index is -4.47. The fourth-order valence-corrected chi connectivity index (χ4v) is 2.20. The highest BCUT2D eigenvalue weighted by atomic mass is 79.9. The maximum absolute atomic E-state index is 12.7. The number of phenolic OH excluding ortho intramolecular Hbond substituents is 1. The van der Waals surface area contributed by atoms with Crippen LogP contribution in [0.4, 0.5) is 13.2 Å². The minimum Gasteiger partial charge on any atom is -0.507 e. The Labute approximate surface area is 98.2 Å². The molecule has 0 bridgehead atoms. The maximum Gasteiger partial charge on any atom is 0.416 e. The molecule has 1 aliphatic heterocycles. The molecule has 6 heteroatoms. The lowest BCUT2D eigenvalue weighted by Crippen LogP contribution is -2.16. The molecule has 0 spiro atoms. The second-order valence-corrected chi connectivity index (χ2v) is 4.31. The molecule has 0 radical (unpaired) electrons. The molecule has 1 aromatic carbocycles. The monoisotopic (exact) mass is 296 g/mol. The van der Waals surface area contributed by atoms with Gasteiger partial charge in [-0.2, -0.15) is 13.2 Å². The van der Waals surface area contributed by atoms with Crippen molar-refractivity contribution in [3.63, 3.8) is 0 Å². The van der Waals surface area contributed by atoms with Crippen molar-refractivity contribution in [2.45, 2.75) is 19.0 Å². The highest BCUT2D eigenvalue weighted by Gasteiger charge is 2.37. The Hall–Kier alpha value is -0.910. The van der Waals surface area contributed by atoms with E-state index in [1.807, 2.05) is 0 Å². The molecule has 1 aliphatic rings. The molecule has 0 saturated carbocycles. The molecule has 16 heavy (non-hydrogen) atoms. The number of alkyl halides is 3. The minimum absolute atomic E-state index is 0.110. The summed E-state index contributed by atoms with van der Waals surface area (Å²) in [4.78, 5) is 0. The highest BCUT2D eigenvalue weighted by molar-refractivity contribution is 9.10. The van der Waals surface area contributed by atoms with Crippen LogP contribution in [0, 0.1) is 0 Å². The number of hydrogen-bond acceptors (Lipinski definition) is 2. The SMILES string of the molecule is Oc1cc(C(F)(F)F)c2c(c1Br)OCCC2. The molecule has 2 nitrogen and oxygen atoms in total. The van der Waals surface area contributed by atoms with E-state index < -0.39 is 17.5 Å². The molecule has 0 amide bonds. The Morgan fingerprint density at radius 1 is 1.38 bits per heavy atom. The Morgan fingerprint density at radius 3 is 2.69 bits per heavy atom. The summed E-state index contributed by atoms with van der Waals surface area (Å²) in [5.41, 5.74) is -0.702. The molecule has 0 aliphatic carbocycles. The van der Waals surface area contributed by atoms with E-state index in [-0.39, 0.29) is 15.8 Å². The predicted octanol–water partition coefficient (Wildman–Crippen LogP) is 3.50. The summed E-state index contributed by atoms with van der Waals surface area (Å²) >= 11 is 3.02. The summed E-state index contributed by atoms with van der Waals surface area (Å²) in [5, 5.41) is 9.39. The number of hydrogen-bond donors (Lipinski definition) is 1. The topological polar surface area (TPSA) is 29.5 Å². The molecule has 1 N–H and O–H groups in total. The van der Waals surface area contributed by atoms with Crippen molar-refractivity contribution in [2.75, 3.05) is 6.61 Å². The molecular weight excluding hydrogens is 289 g/mol. The third-order valence-corrected chi connectivity index (χ3v) is 3.19. The van der Waals surface area contributed by atoms with E-state index in [4.69, 9.17) is 4.74 Å². The zero-order valence-electron chi connectivity index (χ0n) is 8.07. The van der Waals surface area contributed by atoms with Gasteiger partial charge in [-0.1, -0.05) is 0 Å². The number of benzene rings is 1. The van der Waals surface area contributed by atoms with Crippen molar-refractivity contribution in [3.8, 4) is 11.5 Å². The summed E-state index contributed by atoms with van der Waals surface area (Å²) in [6.07, 6.45) is -3.61. The Kier molecular flexibility index (Phi) is 2.77. The summed E-state index contributed by atoms with van der Waals surface area (Å²) < 4.78 is 43.5. The molecule has 0 fully saturated rings. The van der Waals surface area contributed by atoms with Crippen LogP contribution in [-0.2, 0) is 12.6 Å². The van der Waals surface area contributed by atoms with Crippen LogP contribution in [0.15, 0.2) is 10.5 Å². The fourth-order valence-electron chi connectivity index (χ4n) is 1.73. The van der Waals surface area contributed by atoms with Gasteiger partial charge in [-0.15, -0.1) is 0 Å². The third kappa shape index (κ3) is 1.86. The van der Waals surface area contributed by atoms with E-state index >= 15 is 0 Å². The largest absolute Gasteiger partial charge is 0.507 e. The number of rotatable bonds is 0. The molecule has 1 heterocycles. The smallest absolute Gasteiger partial charge is 0.416 e. The van der Waals surface area contributed by atoms with Crippen LogP contribution in [0.5, 0.6) is 11.5 Å². The maximum atomic E-state index is 12.7. The first kappa shape index (κ1) is 11.6. The van der Waals surface area contributed by atoms with E-state index in [1.54, 1.807) is 0 Å². The van der Waals surface area contributed by atoms with Crippen molar-refractivity contribution in [3.05, 3.63) is 21.7 Å². The number of halogens is 4. The lowest BCUT2D eigenvalue weighted by atomic mass is 9.99. The number of ether oxygens (including phenoxy) is 1. The number of aromatic hydroxyl groups is 1. The standard InChI is InChI=1S/C10H8BrF3O2/c11-8-7(15)4-6(10(12,13)14)5-2-1-3-16-9(5)8/h4,15H,1-3H2. The summed E-state index contributed by atoms with van der Waals surface area (Å²) in [6.45, 7) is 0.367. The van der Waals surface area contributed by atoms with Gasteiger partial charge in [0.05, 0.1) is 12.2 Å². The van der Waals surface area contributed by atoms with Gasteiger partial charge in [-0.05, 0) is 34.8 Å². The molecule has 0 aromatic heterocycles. The van der Waals surface area contributed by atoms with Gasteiger partial charge in [-0.3, -0.25) is 0 Å². The van der Waals surface area contributed by atoms with Crippen LogP contribution in [-0.4, -0.2) is 11.7 Å². The van der Waals surface area contributed by atoms with Crippen molar-refractivity contribution < 1.29 is 23.0 Å². The fraction of sp³-hybridized carbons (Fsp3) is 0.400. The summed E-state index contributed by atoms with van der Waals surface area (Å²) in [6, 6.07) is 0.734. The quantitative estimate of drug-likeness (QED) is 0.794. The molecule has 2 rings (SSSR count). The molecule has 0 saturated heterocycles. The predicted molar refractivity (Wildman–Crippen MR) is 54.6 cm³/mol. The zero-order valence-corrected chi connectivity index (χ0v) is 9.65. The first-order valence-electron chi connectivity index (χ1n) is 4.65. The Balaban J connectivity index is 2.67. The second-order valence-electron chi connectivity index (χ2n) is 3.51. The Bertz CT molecular complexity index is 429. The van der Waals surface area contributed by atoms with E-state index in [9.17, 15) is 18.3 Å². The van der Waals surface area contributed by atoms with Crippen LogP contribution in [0.1, 0.15) is 17.5 Å². The molecule has 0 unspecified atom stereocenters. The van der Waals surface area contributed by atoms with E-state index in [2.05, 4.69) is 15.9 Å². The summed E-state index contributed by atoms with van der Waals surface area (Å²) in [5.74, 6) is -0.341. The second kappa shape index (κ2) is 3.84. The Morgan fingerprint density at radius 2 is 2.06 bits per heavy atom. The molecular formula is C10H8BrF3O2. The van der Waals surface area contributed by atoms with Gasteiger partial charge in [0.2, 0.25) is 0 Å². The van der Waals surface area contributed by atoms with Crippen molar-refractivity contribution in [1.29, 1.82) is 0 Å². The molecule has 0 atom stereocenters. The average Bonchev–Trinajstić information content (AvgIpc) is 2.22. The lowest BCUT2D eigenvalue weighted by molar-refractivity contribution is -0.138. The van der Waals surface area contributed by atoms with Crippen LogP contribution >= 0.6 is 15.9 Å². The third-order valence-electron chi connectivity index (χ3n) is 2.43. The van der Waals surface area contributed by atoms with Crippen LogP contribution in [0.25, 0.3) is 0 Å². The number of phenols is 1. The van der Waals surface area contributed by atoms with E-state index in [0.717, 1.165) is 6.07 Å². The van der Waals surface area contributed by atoms with Gasteiger partial charge in [0.1, 0.15) is 16.0 Å². The van der Waals surface area contributed by atoms with Gasteiger partial charge in [-0.25, -0.2) is 0 Å². The first-order chi connectivity index (χ1) is 7.41. The highest BCUT2D eigenvalue weighted by Crippen LogP contribution is 2.46. The van der Waals surface area contributed by atoms with Gasteiger partial charge in [0.15, 0.2) is 0 Å². The average molecular weight is 297 g/mol. The van der Waals surface area contributed by atoms with Crippen molar-refractivity contribution in [2.24, 2.45) is 0 Å². The van der Waals surface area contributed by atoms with Gasteiger partial charge < -0.3 is 9.84 Å². The number of fused-ring (bicyclic) bond motifs is 1. The summed E-state index contributed by atoms with van der Waals surface area (Å²) in [7, 11) is 0. The first-order valence-corrected chi connectivity index (χ1v) is 5.45. The molecule has 1 aromatic rings. The van der Waals surface area contributed by atoms with Crippen molar-refractivity contribution >= 4 is 15.9 Å². The normalized spacial score (nSPS) is 15.5. The van der Waals surface area contributed by atoms with Crippen molar-refractivity contribution in [1.82, 2.24) is 0 Å².